The van der Waals surface area contributed by atoms with Gasteiger partial charge in [-0.2, -0.15) is 0 Å². The van der Waals surface area contributed by atoms with E-state index in [1.807, 2.05) is 45.0 Å². The van der Waals surface area contributed by atoms with Gasteiger partial charge in [0.25, 0.3) is 5.91 Å². The van der Waals surface area contributed by atoms with Gasteiger partial charge >= 0.3 is 0 Å². The molecular weight excluding hydrogens is 338 g/mol. The molecule has 0 spiro atoms. The lowest BCUT2D eigenvalue weighted by molar-refractivity contribution is 0.0683. The Morgan fingerprint density at radius 3 is 2.60 bits per heavy atom. The summed E-state index contributed by atoms with van der Waals surface area (Å²) in [5.41, 5.74) is 1.79. The highest BCUT2D eigenvalue weighted by Gasteiger charge is 2.24. The van der Waals surface area contributed by atoms with Gasteiger partial charge in [0.2, 0.25) is 0 Å². The van der Waals surface area contributed by atoms with E-state index in [0.29, 0.717) is 31.2 Å². The monoisotopic (exact) mass is 363 g/mol. The highest BCUT2D eigenvalue weighted by atomic mass is 32.1. The molecule has 25 heavy (non-hydrogen) atoms. The molecule has 0 radical (unpaired) electrons. The molecule has 0 saturated heterocycles. The van der Waals surface area contributed by atoms with Crippen LogP contribution in [0.3, 0.4) is 0 Å². The molecule has 0 saturated carbocycles. The van der Waals surface area contributed by atoms with E-state index in [2.05, 4.69) is 9.59 Å². The first kappa shape index (κ1) is 19.3. The summed E-state index contributed by atoms with van der Waals surface area (Å²) in [6.07, 6.45) is 0. The molecule has 1 aromatic heterocycles. The summed E-state index contributed by atoms with van der Waals surface area (Å²) in [6, 6.07) is 7.80. The Labute approximate surface area is 152 Å². The topological polar surface area (TPSA) is 64.6 Å². The minimum absolute atomic E-state index is 0.0513. The van der Waals surface area contributed by atoms with Gasteiger partial charge in [-0.1, -0.05) is 30.5 Å². The second-order valence-electron chi connectivity index (χ2n) is 5.94. The quantitative estimate of drug-likeness (QED) is 0.684. The number of methoxy groups -OCH3 is 1. The van der Waals surface area contributed by atoms with Crippen molar-refractivity contribution in [2.24, 2.45) is 0 Å². The van der Waals surface area contributed by atoms with Gasteiger partial charge < -0.3 is 14.4 Å². The Bertz CT molecular complexity index is 670. The van der Waals surface area contributed by atoms with Crippen molar-refractivity contribution in [3.63, 3.8) is 0 Å². The second kappa shape index (κ2) is 9.48. The van der Waals surface area contributed by atoms with Gasteiger partial charge in [-0.3, -0.25) is 4.79 Å². The number of benzene rings is 1. The molecule has 0 atom stereocenters. The molecule has 0 unspecified atom stereocenters. The predicted octanol–water partition coefficient (Wildman–Crippen LogP) is 3.35. The van der Waals surface area contributed by atoms with Crippen LogP contribution in [0.2, 0.25) is 0 Å². The lowest BCUT2D eigenvalue weighted by Gasteiger charge is -2.22. The Morgan fingerprint density at radius 2 is 2.00 bits per heavy atom. The first-order valence-electron chi connectivity index (χ1n) is 8.39. The molecule has 6 nitrogen and oxygen atoms in total. The molecular formula is C18H25N3O3S. The number of hydrogen-bond donors (Lipinski definition) is 0. The number of carbonyl (C=O) groups is 1. The Balaban J connectivity index is 2.17. The predicted molar refractivity (Wildman–Crippen MR) is 98.2 cm³/mol. The van der Waals surface area contributed by atoms with Gasteiger partial charge in [0, 0.05) is 20.2 Å². The van der Waals surface area contributed by atoms with Crippen LogP contribution in [0.25, 0.3) is 0 Å². The maximum absolute atomic E-state index is 13.0. The van der Waals surface area contributed by atoms with E-state index in [-0.39, 0.29) is 11.8 Å². The SMILES string of the molecule is CCOc1ccc(CN(CCOC)C(=O)c2snnc2C(C)C)cc1. The van der Waals surface area contributed by atoms with Crippen LogP contribution < -0.4 is 4.74 Å². The van der Waals surface area contributed by atoms with Crippen LogP contribution in [-0.2, 0) is 11.3 Å². The lowest BCUT2D eigenvalue weighted by Crippen LogP contribution is -2.33. The zero-order valence-electron chi connectivity index (χ0n) is 15.2. The van der Waals surface area contributed by atoms with Crippen LogP contribution in [0.1, 0.15) is 47.6 Å². The molecule has 0 fully saturated rings. The summed E-state index contributed by atoms with van der Waals surface area (Å²) in [6.45, 7) is 8.11. The van der Waals surface area contributed by atoms with E-state index >= 15 is 0 Å². The summed E-state index contributed by atoms with van der Waals surface area (Å²) < 4.78 is 14.6. The van der Waals surface area contributed by atoms with Crippen molar-refractivity contribution >= 4 is 17.4 Å². The van der Waals surface area contributed by atoms with Crippen LogP contribution in [-0.4, -0.2) is 47.3 Å². The summed E-state index contributed by atoms with van der Waals surface area (Å²) in [4.78, 5) is 15.4. The molecule has 0 N–H and O–H groups in total. The molecule has 0 bridgehead atoms. The number of amides is 1. The maximum Gasteiger partial charge on any atom is 0.267 e. The van der Waals surface area contributed by atoms with Gasteiger partial charge in [-0.15, -0.1) is 5.10 Å². The fourth-order valence-electron chi connectivity index (χ4n) is 2.40. The van der Waals surface area contributed by atoms with E-state index in [4.69, 9.17) is 9.47 Å². The number of nitrogens with zero attached hydrogens (tertiary/aromatic N) is 3. The molecule has 1 heterocycles. The number of aromatic nitrogens is 2. The molecule has 1 aromatic carbocycles. The fourth-order valence-corrected chi connectivity index (χ4v) is 3.19. The standard InChI is InChI=1S/C18H25N3O3S/c1-5-24-15-8-6-14(7-9-15)12-21(10-11-23-4)18(22)17-16(13(2)3)19-20-25-17/h6-9,13H,5,10-12H2,1-4H3. The van der Waals surface area contributed by atoms with Crippen LogP contribution in [0.15, 0.2) is 24.3 Å². The molecule has 7 heteroatoms. The average Bonchev–Trinajstić information content (AvgIpc) is 3.09. The molecule has 2 aromatic rings. The van der Waals surface area contributed by atoms with Crippen molar-refractivity contribution in [3.05, 3.63) is 40.4 Å². The van der Waals surface area contributed by atoms with Crippen LogP contribution in [0.4, 0.5) is 0 Å². The first-order chi connectivity index (χ1) is 12.1. The van der Waals surface area contributed by atoms with Gasteiger partial charge in [0.05, 0.1) is 18.9 Å². The number of rotatable bonds is 9. The second-order valence-corrected chi connectivity index (χ2v) is 6.69. The summed E-state index contributed by atoms with van der Waals surface area (Å²) in [7, 11) is 1.63. The Kier molecular flexibility index (Phi) is 7.33. The van der Waals surface area contributed by atoms with E-state index in [1.54, 1.807) is 12.0 Å². The third-order valence-electron chi connectivity index (χ3n) is 3.71. The highest BCUT2D eigenvalue weighted by molar-refractivity contribution is 7.08. The van der Waals surface area contributed by atoms with Crippen molar-refractivity contribution < 1.29 is 14.3 Å². The molecule has 0 aliphatic carbocycles. The first-order valence-corrected chi connectivity index (χ1v) is 9.16. The Hall–Kier alpha value is -1.99. The normalized spacial score (nSPS) is 10.9. The molecule has 0 aliphatic rings. The number of hydrogen-bond acceptors (Lipinski definition) is 6. The van der Waals surface area contributed by atoms with Gasteiger partial charge in [-0.05, 0) is 42.1 Å². The van der Waals surface area contributed by atoms with Crippen molar-refractivity contribution in [1.82, 2.24) is 14.5 Å². The summed E-state index contributed by atoms with van der Waals surface area (Å²) in [5, 5.41) is 4.11. The van der Waals surface area contributed by atoms with Crippen molar-refractivity contribution in [3.8, 4) is 5.75 Å². The summed E-state index contributed by atoms with van der Waals surface area (Å²) >= 11 is 1.15. The lowest BCUT2D eigenvalue weighted by atomic mass is 10.1. The Morgan fingerprint density at radius 1 is 1.28 bits per heavy atom. The minimum Gasteiger partial charge on any atom is -0.494 e. The smallest absolute Gasteiger partial charge is 0.267 e. The van der Waals surface area contributed by atoms with Crippen molar-refractivity contribution in [2.45, 2.75) is 33.2 Å². The van der Waals surface area contributed by atoms with Crippen molar-refractivity contribution in [1.29, 1.82) is 0 Å². The van der Waals surface area contributed by atoms with E-state index < -0.39 is 0 Å². The molecule has 1 amide bonds. The number of ether oxygens (including phenoxy) is 2. The largest absolute Gasteiger partial charge is 0.494 e. The minimum atomic E-state index is -0.0513. The van der Waals surface area contributed by atoms with Crippen LogP contribution in [0, 0.1) is 0 Å². The average molecular weight is 363 g/mol. The van der Waals surface area contributed by atoms with Gasteiger partial charge in [-0.25, -0.2) is 0 Å². The van der Waals surface area contributed by atoms with Crippen molar-refractivity contribution in [2.75, 3.05) is 26.9 Å². The maximum atomic E-state index is 13.0. The van der Waals surface area contributed by atoms with Gasteiger partial charge in [0.15, 0.2) is 0 Å². The molecule has 0 aliphatic heterocycles. The summed E-state index contributed by atoms with van der Waals surface area (Å²) in [5.74, 6) is 0.937. The third kappa shape index (κ3) is 5.24. The van der Waals surface area contributed by atoms with Crippen LogP contribution >= 0.6 is 11.5 Å². The zero-order chi connectivity index (χ0) is 18.2. The molecule has 2 rings (SSSR count). The number of carbonyl (C=O) groups excluding carboxylic acids is 1. The third-order valence-corrected chi connectivity index (χ3v) is 4.44. The van der Waals surface area contributed by atoms with Gasteiger partial charge in [0.1, 0.15) is 10.6 Å². The van der Waals surface area contributed by atoms with E-state index in [9.17, 15) is 4.79 Å². The van der Waals surface area contributed by atoms with E-state index in [1.165, 1.54) is 0 Å². The zero-order valence-corrected chi connectivity index (χ0v) is 16.0. The van der Waals surface area contributed by atoms with E-state index in [0.717, 1.165) is 28.5 Å². The van der Waals surface area contributed by atoms with Crippen LogP contribution in [0.5, 0.6) is 5.75 Å². The highest BCUT2D eigenvalue weighted by Crippen LogP contribution is 2.22. The fraction of sp³-hybridized carbons (Fsp3) is 0.500. The molecule has 136 valence electrons.